The predicted molar refractivity (Wildman–Crippen MR) is 57.9 cm³/mol. The standard InChI is InChI=1S/C11H13N3O/c1-7(2)14-11-6-9(8(3)15)4-5-10(11)12-13-14/h4-7H,1-3H3. The summed E-state index contributed by atoms with van der Waals surface area (Å²) in [5, 5.41) is 8.09. The van der Waals surface area contributed by atoms with Gasteiger partial charge in [-0.15, -0.1) is 5.10 Å². The number of carbonyl (C=O) groups is 1. The molecule has 15 heavy (non-hydrogen) atoms. The van der Waals surface area contributed by atoms with Gasteiger partial charge >= 0.3 is 0 Å². The molecular formula is C11H13N3O. The van der Waals surface area contributed by atoms with Crippen molar-refractivity contribution in [1.29, 1.82) is 0 Å². The Hall–Kier alpha value is -1.71. The number of hydrogen-bond acceptors (Lipinski definition) is 3. The molecule has 2 rings (SSSR count). The van der Waals surface area contributed by atoms with Gasteiger partial charge in [0.1, 0.15) is 5.52 Å². The molecule has 4 heteroatoms. The van der Waals surface area contributed by atoms with E-state index >= 15 is 0 Å². The van der Waals surface area contributed by atoms with Gasteiger partial charge in [-0.1, -0.05) is 5.21 Å². The highest BCUT2D eigenvalue weighted by atomic mass is 16.1. The summed E-state index contributed by atoms with van der Waals surface area (Å²) in [5.74, 6) is 0.0633. The van der Waals surface area contributed by atoms with Crippen molar-refractivity contribution < 1.29 is 4.79 Å². The number of nitrogens with zero attached hydrogens (tertiary/aromatic N) is 3. The Balaban J connectivity index is 2.66. The largest absolute Gasteiger partial charge is 0.295 e. The van der Waals surface area contributed by atoms with Crippen LogP contribution in [0.2, 0.25) is 0 Å². The maximum Gasteiger partial charge on any atom is 0.159 e. The van der Waals surface area contributed by atoms with Gasteiger partial charge in [0.15, 0.2) is 5.78 Å². The Morgan fingerprint density at radius 2 is 2.13 bits per heavy atom. The van der Waals surface area contributed by atoms with Crippen LogP contribution in [-0.2, 0) is 0 Å². The lowest BCUT2D eigenvalue weighted by molar-refractivity contribution is 0.101. The van der Waals surface area contributed by atoms with Crippen LogP contribution in [0.5, 0.6) is 0 Å². The van der Waals surface area contributed by atoms with Gasteiger partial charge in [0.2, 0.25) is 0 Å². The van der Waals surface area contributed by atoms with Gasteiger partial charge in [-0.3, -0.25) is 4.79 Å². The summed E-state index contributed by atoms with van der Waals surface area (Å²) in [6, 6.07) is 5.71. The zero-order chi connectivity index (χ0) is 11.0. The molecule has 1 aromatic heterocycles. The Kier molecular flexibility index (Phi) is 2.26. The highest BCUT2D eigenvalue weighted by molar-refractivity contribution is 5.97. The number of carbonyl (C=O) groups excluding carboxylic acids is 1. The number of hydrogen-bond donors (Lipinski definition) is 0. The van der Waals surface area contributed by atoms with Gasteiger partial charge in [-0.25, -0.2) is 4.68 Å². The number of ketones is 1. The summed E-state index contributed by atoms with van der Waals surface area (Å²) in [7, 11) is 0. The first-order valence-corrected chi connectivity index (χ1v) is 4.95. The molecule has 0 aliphatic carbocycles. The quantitative estimate of drug-likeness (QED) is 0.703. The molecule has 1 heterocycles. The summed E-state index contributed by atoms with van der Waals surface area (Å²) < 4.78 is 1.82. The van der Waals surface area contributed by atoms with E-state index in [9.17, 15) is 4.79 Å². The third kappa shape index (κ3) is 1.63. The van der Waals surface area contributed by atoms with Crippen molar-refractivity contribution in [2.75, 3.05) is 0 Å². The molecule has 4 nitrogen and oxygen atoms in total. The molecule has 78 valence electrons. The van der Waals surface area contributed by atoms with E-state index in [0.717, 1.165) is 11.0 Å². The van der Waals surface area contributed by atoms with Crippen LogP contribution < -0.4 is 0 Å². The molecule has 0 radical (unpaired) electrons. The molecule has 0 atom stereocenters. The van der Waals surface area contributed by atoms with E-state index in [1.54, 1.807) is 13.0 Å². The third-order valence-electron chi connectivity index (χ3n) is 2.37. The zero-order valence-corrected chi connectivity index (χ0v) is 9.06. The average Bonchev–Trinajstić information content (AvgIpc) is 2.59. The number of aromatic nitrogens is 3. The summed E-state index contributed by atoms with van der Waals surface area (Å²) in [6.45, 7) is 5.63. The molecule has 0 aliphatic rings. The molecular weight excluding hydrogens is 190 g/mol. The Morgan fingerprint density at radius 1 is 1.40 bits per heavy atom. The van der Waals surface area contributed by atoms with E-state index in [1.165, 1.54) is 0 Å². The van der Waals surface area contributed by atoms with E-state index in [4.69, 9.17) is 0 Å². The van der Waals surface area contributed by atoms with Crippen LogP contribution in [0.25, 0.3) is 11.0 Å². The second kappa shape index (κ2) is 3.46. The smallest absolute Gasteiger partial charge is 0.159 e. The number of benzene rings is 1. The van der Waals surface area contributed by atoms with Crippen molar-refractivity contribution in [2.45, 2.75) is 26.8 Å². The summed E-state index contributed by atoms with van der Waals surface area (Å²) >= 11 is 0. The fourth-order valence-electron chi connectivity index (χ4n) is 1.54. The molecule has 2 aromatic rings. The first-order valence-electron chi connectivity index (χ1n) is 4.95. The van der Waals surface area contributed by atoms with E-state index in [0.29, 0.717) is 5.56 Å². The van der Waals surface area contributed by atoms with Gasteiger partial charge in [-0.2, -0.15) is 0 Å². The first-order chi connectivity index (χ1) is 7.09. The maximum absolute atomic E-state index is 11.2. The minimum absolute atomic E-state index is 0.0633. The Morgan fingerprint density at radius 3 is 2.73 bits per heavy atom. The zero-order valence-electron chi connectivity index (χ0n) is 9.06. The second-order valence-corrected chi connectivity index (χ2v) is 3.89. The van der Waals surface area contributed by atoms with Crippen LogP contribution in [0.1, 0.15) is 37.2 Å². The van der Waals surface area contributed by atoms with Crippen molar-refractivity contribution in [3.8, 4) is 0 Å². The number of fused-ring (bicyclic) bond motifs is 1. The first kappa shape index (κ1) is 9.83. The second-order valence-electron chi connectivity index (χ2n) is 3.89. The minimum Gasteiger partial charge on any atom is -0.295 e. The van der Waals surface area contributed by atoms with Crippen molar-refractivity contribution in [1.82, 2.24) is 15.0 Å². The molecule has 0 amide bonds. The SMILES string of the molecule is CC(=O)c1ccc2nnn(C(C)C)c2c1. The van der Waals surface area contributed by atoms with E-state index in [-0.39, 0.29) is 11.8 Å². The lowest BCUT2D eigenvalue weighted by Gasteiger charge is -2.05. The van der Waals surface area contributed by atoms with Gasteiger partial charge in [0, 0.05) is 11.6 Å². The molecule has 0 bridgehead atoms. The topological polar surface area (TPSA) is 47.8 Å². The molecule has 0 saturated heterocycles. The van der Waals surface area contributed by atoms with E-state index in [1.807, 2.05) is 30.7 Å². The highest BCUT2D eigenvalue weighted by Crippen LogP contribution is 2.17. The van der Waals surface area contributed by atoms with Gasteiger partial charge < -0.3 is 0 Å². The highest BCUT2D eigenvalue weighted by Gasteiger charge is 2.09. The van der Waals surface area contributed by atoms with Crippen LogP contribution in [0.4, 0.5) is 0 Å². The summed E-state index contributed by atoms with van der Waals surface area (Å²) in [5.41, 5.74) is 2.44. The molecule has 0 aliphatic heterocycles. The average molecular weight is 203 g/mol. The monoisotopic (exact) mass is 203 g/mol. The fourth-order valence-corrected chi connectivity index (χ4v) is 1.54. The van der Waals surface area contributed by atoms with Crippen molar-refractivity contribution >= 4 is 16.8 Å². The van der Waals surface area contributed by atoms with E-state index < -0.39 is 0 Å². The van der Waals surface area contributed by atoms with Crippen molar-refractivity contribution in [2.24, 2.45) is 0 Å². The Labute approximate surface area is 87.9 Å². The number of Topliss-reactive ketones (excluding diaryl/α,β-unsaturated/α-hetero) is 1. The summed E-state index contributed by atoms with van der Waals surface area (Å²) in [6.07, 6.45) is 0. The van der Waals surface area contributed by atoms with Gasteiger partial charge in [0.25, 0.3) is 0 Å². The third-order valence-corrected chi connectivity index (χ3v) is 2.37. The molecule has 1 aromatic carbocycles. The van der Waals surface area contributed by atoms with Gasteiger partial charge in [0.05, 0.1) is 5.52 Å². The predicted octanol–water partition coefficient (Wildman–Crippen LogP) is 2.21. The van der Waals surface area contributed by atoms with Crippen molar-refractivity contribution in [3.05, 3.63) is 23.8 Å². The normalized spacial score (nSPS) is 11.2. The van der Waals surface area contributed by atoms with Crippen LogP contribution in [0.3, 0.4) is 0 Å². The lowest BCUT2D eigenvalue weighted by Crippen LogP contribution is -2.03. The molecule has 0 unspecified atom stereocenters. The van der Waals surface area contributed by atoms with Crippen LogP contribution in [-0.4, -0.2) is 20.8 Å². The minimum atomic E-state index is 0.0633. The van der Waals surface area contributed by atoms with E-state index in [2.05, 4.69) is 10.3 Å². The van der Waals surface area contributed by atoms with Crippen LogP contribution >= 0.6 is 0 Å². The summed E-state index contributed by atoms with van der Waals surface area (Å²) in [4.78, 5) is 11.2. The molecule has 0 saturated carbocycles. The Bertz CT molecular complexity index is 514. The molecule has 0 fully saturated rings. The van der Waals surface area contributed by atoms with Gasteiger partial charge in [-0.05, 0) is 39.0 Å². The maximum atomic E-state index is 11.2. The van der Waals surface area contributed by atoms with Crippen molar-refractivity contribution in [3.63, 3.8) is 0 Å². The number of rotatable bonds is 2. The van der Waals surface area contributed by atoms with Crippen LogP contribution in [0.15, 0.2) is 18.2 Å². The lowest BCUT2D eigenvalue weighted by atomic mass is 10.1. The fraction of sp³-hybridized carbons (Fsp3) is 0.364. The molecule has 0 spiro atoms. The van der Waals surface area contributed by atoms with Crippen LogP contribution in [0, 0.1) is 0 Å². The molecule has 0 N–H and O–H groups in total.